The summed E-state index contributed by atoms with van der Waals surface area (Å²) < 4.78 is 26.3. The number of hydrogen-bond acceptors (Lipinski definition) is 4. The van der Waals surface area contributed by atoms with Crippen LogP contribution in [0.3, 0.4) is 0 Å². The molecule has 0 spiro atoms. The third kappa shape index (κ3) is 6.97. The Hall–Kier alpha value is -2.19. The summed E-state index contributed by atoms with van der Waals surface area (Å²) in [6.45, 7) is 4.71. The van der Waals surface area contributed by atoms with Gasteiger partial charge in [-0.25, -0.2) is 8.42 Å². The molecule has 7 nitrogen and oxygen atoms in total. The van der Waals surface area contributed by atoms with Crippen molar-refractivity contribution in [2.45, 2.75) is 56.9 Å². The quantitative estimate of drug-likeness (QED) is 0.567. The number of rotatable bonds is 10. The summed E-state index contributed by atoms with van der Waals surface area (Å²) >= 11 is 0. The monoisotopic (exact) mass is 421 g/mol. The predicted molar refractivity (Wildman–Crippen MR) is 114 cm³/mol. The lowest BCUT2D eigenvalue weighted by Crippen LogP contribution is -2.35. The van der Waals surface area contributed by atoms with Gasteiger partial charge in [-0.15, -0.1) is 0 Å². The first-order valence-corrected chi connectivity index (χ1v) is 11.7. The first kappa shape index (κ1) is 23.1. The first-order valence-electron chi connectivity index (χ1n) is 10.2. The summed E-state index contributed by atoms with van der Waals surface area (Å²) in [6, 6.07) is 6.69. The molecule has 1 aliphatic rings. The zero-order valence-electron chi connectivity index (χ0n) is 17.2. The van der Waals surface area contributed by atoms with Gasteiger partial charge < -0.3 is 10.6 Å². The van der Waals surface area contributed by atoms with Crippen molar-refractivity contribution in [3.8, 4) is 0 Å². The number of carbonyl (C=O) groups is 2. The lowest BCUT2D eigenvalue weighted by molar-refractivity contribution is -0.121. The molecule has 8 heteroatoms. The Morgan fingerprint density at radius 2 is 1.72 bits per heavy atom. The summed E-state index contributed by atoms with van der Waals surface area (Å²) in [5.74, 6) is -0.329. The molecule has 0 unspecified atom stereocenters. The second-order valence-corrected chi connectivity index (χ2v) is 9.02. The van der Waals surface area contributed by atoms with Crippen LogP contribution >= 0.6 is 0 Å². The molecule has 2 rings (SSSR count). The molecule has 1 aromatic rings. The Kier molecular flexibility index (Phi) is 8.85. The predicted octanol–water partition coefficient (Wildman–Crippen LogP) is 2.30. The number of amides is 2. The Morgan fingerprint density at radius 1 is 1.10 bits per heavy atom. The molecule has 1 aliphatic carbocycles. The van der Waals surface area contributed by atoms with Gasteiger partial charge in [0, 0.05) is 38.2 Å². The Morgan fingerprint density at radius 3 is 2.31 bits per heavy atom. The summed E-state index contributed by atoms with van der Waals surface area (Å²) in [6.07, 6.45) is 7.65. The zero-order chi connectivity index (χ0) is 21.3. The summed E-state index contributed by atoms with van der Waals surface area (Å²) in [5, 5.41) is 5.67. The molecule has 0 bridgehead atoms. The van der Waals surface area contributed by atoms with E-state index in [1.165, 1.54) is 10.4 Å². The van der Waals surface area contributed by atoms with Crippen LogP contribution in [0.15, 0.2) is 35.2 Å². The van der Waals surface area contributed by atoms with Gasteiger partial charge in [0.05, 0.1) is 4.90 Å². The van der Waals surface area contributed by atoms with Crippen LogP contribution in [0.25, 0.3) is 6.08 Å². The third-order valence-corrected chi connectivity index (χ3v) is 7.09. The minimum atomic E-state index is -3.49. The van der Waals surface area contributed by atoms with Gasteiger partial charge in [-0.1, -0.05) is 38.8 Å². The molecule has 1 saturated carbocycles. The fourth-order valence-corrected chi connectivity index (χ4v) is 4.82. The van der Waals surface area contributed by atoms with Crippen molar-refractivity contribution in [2.75, 3.05) is 19.6 Å². The van der Waals surface area contributed by atoms with Crippen molar-refractivity contribution in [3.05, 3.63) is 35.9 Å². The van der Waals surface area contributed by atoms with E-state index in [9.17, 15) is 18.0 Å². The van der Waals surface area contributed by atoms with E-state index in [1.807, 2.05) is 0 Å². The summed E-state index contributed by atoms with van der Waals surface area (Å²) in [7, 11) is -3.49. The minimum Gasteiger partial charge on any atom is -0.353 e. The molecule has 160 valence electrons. The Labute approximate surface area is 173 Å². The smallest absolute Gasteiger partial charge is 0.244 e. The molecule has 1 aromatic carbocycles. The molecule has 2 N–H and O–H groups in total. The summed E-state index contributed by atoms with van der Waals surface area (Å²) in [5.41, 5.74) is 0.720. The maximum Gasteiger partial charge on any atom is 0.244 e. The van der Waals surface area contributed by atoms with Crippen LogP contribution in [-0.2, 0) is 19.6 Å². The fraction of sp³-hybridized carbons (Fsp3) is 0.524. The number of nitrogens with one attached hydrogen (secondary N) is 2. The molecular formula is C21H31N3O4S. The molecule has 0 saturated heterocycles. The second kappa shape index (κ2) is 11.1. The SMILES string of the molecule is CCN(CC)S(=O)(=O)c1ccc(C=CC(=O)NCCC(=O)NC2CCCC2)cc1. The van der Waals surface area contributed by atoms with Crippen molar-refractivity contribution in [1.82, 2.24) is 14.9 Å². The lowest BCUT2D eigenvalue weighted by Gasteiger charge is -2.18. The Balaban J connectivity index is 1.80. The highest BCUT2D eigenvalue weighted by Crippen LogP contribution is 2.18. The highest BCUT2D eigenvalue weighted by Gasteiger charge is 2.21. The average Bonchev–Trinajstić information content (AvgIpc) is 3.20. The van der Waals surface area contributed by atoms with Crippen LogP contribution in [-0.4, -0.2) is 50.2 Å². The lowest BCUT2D eigenvalue weighted by atomic mass is 10.2. The first-order chi connectivity index (χ1) is 13.9. The molecule has 2 amide bonds. The summed E-state index contributed by atoms with van der Waals surface area (Å²) in [4.78, 5) is 24.0. The van der Waals surface area contributed by atoms with Crippen LogP contribution in [0, 0.1) is 0 Å². The van der Waals surface area contributed by atoms with Gasteiger partial charge in [-0.05, 0) is 36.6 Å². The molecule has 0 heterocycles. The molecular weight excluding hydrogens is 390 g/mol. The number of nitrogens with zero attached hydrogens (tertiary/aromatic N) is 1. The van der Waals surface area contributed by atoms with E-state index in [-0.39, 0.29) is 35.7 Å². The van der Waals surface area contributed by atoms with Crippen LogP contribution < -0.4 is 10.6 Å². The van der Waals surface area contributed by atoms with Crippen molar-refractivity contribution in [3.63, 3.8) is 0 Å². The molecule has 29 heavy (non-hydrogen) atoms. The fourth-order valence-electron chi connectivity index (χ4n) is 3.36. The van der Waals surface area contributed by atoms with Gasteiger partial charge in [0.1, 0.15) is 0 Å². The molecule has 0 aliphatic heterocycles. The van der Waals surface area contributed by atoms with Gasteiger partial charge in [0.25, 0.3) is 0 Å². The molecule has 0 radical (unpaired) electrons. The van der Waals surface area contributed by atoms with E-state index in [4.69, 9.17) is 0 Å². The highest BCUT2D eigenvalue weighted by molar-refractivity contribution is 7.89. The topological polar surface area (TPSA) is 95.6 Å². The molecule has 1 fully saturated rings. The van der Waals surface area contributed by atoms with E-state index >= 15 is 0 Å². The molecule has 0 aromatic heterocycles. The Bertz CT molecular complexity index is 809. The minimum absolute atomic E-state index is 0.0359. The second-order valence-electron chi connectivity index (χ2n) is 7.08. The van der Waals surface area contributed by atoms with Crippen LogP contribution in [0.2, 0.25) is 0 Å². The van der Waals surface area contributed by atoms with E-state index in [0.29, 0.717) is 13.1 Å². The number of carbonyl (C=O) groups excluding carboxylic acids is 2. The van der Waals surface area contributed by atoms with Gasteiger partial charge in [-0.3, -0.25) is 9.59 Å². The zero-order valence-corrected chi connectivity index (χ0v) is 18.0. The van der Waals surface area contributed by atoms with Crippen LogP contribution in [0.5, 0.6) is 0 Å². The average molecular weight is 422 g/mol. The van der Waals surface area contributed by atoms with Gasteiger partial charge in [0.15, 0.2) is 0 Å². The van der Waals surface area contributed by atoms with Gasteiger partial charge >= 0.3 is 0 Å². The van der Waals surface area contributed by atoms with Gasteiger partial charge in [-0.2, -0.15) is 4.31 Å². The number of hydrogen-bond donors (Lipinski definition) is 2. The largest absolute Gasteiger partial charge is 0.353 e. The maximum atomic E-state index is 12.5. The molecule has 0 atom stereocenters. The van der Waals surface area contributed by atoms with Gasteiger partial charge in [0.2, 0.25) is 21.8 Å². The number of sulfonamides is 1. The van der Waals surface area contributed by atoms with E-state index < -0.39 is 10.0 Å². The van der Waals surface area contributed by atoms with Crippen molar-refractivity contribution < 1.29 is 18.0 Å². The van der Waals surface area contributed by atoms with E-state index in [1.54, 1.807) is 44.2 Å². The van der Waals surface area contributed by atoms with Crippen LogP contribution in [0.4, 0.5) is 0 Å². The van der Waals surface area contributed by atoms with Crippen molar-refractivity contribution >= 4 is 27.9 Å². The highest BCUT2D eigenvalue weighted by atomic mass is 32.2. The van der Waals surface area contributed by atoms with E-state index in [2.05, 4.69) is 10.6 Å². The van der Waals surface area contributed by atoms with Crippen molar-refractivity contribution in [2.24, 2.45) is 0 Å². The maximum absolute atomic E-state index is 12.5. The number of benzene rings is 1. The van der Waals surface area contributed by atoms with Crippen LogP contribution in [0.1, 0.15) is 51.5 Å². The standard InChI is InChI=1S/C21H31N3O4S/c1-3-24(4-2)29(27,28)19-12-9-17(10-13-19)11-14-20(25)22-16-15-21(26)23-18-7-5-6-8-18/h9-14,18H,3-8,15-16H2,1-2H3,(H,22,25)(H,23,26). The van der Waals surface area contributed by atoms with E-state index in [0.717, 1.165) is 31.2 Å². The normalized spacial score (nSPS) is 15.1. The third-order valence-electron chi connectivity index (χ3n) is 5.02. The van der Waals surface area contributed by atoms with Crippen molar-refractivity contribution in [1.29, 1.82) is 0 Å².